The van der Waals surface area contributed by atoms with Crippen molar-refractivity contribution in [3.63, 3.8) is 0 Å². The number of halogens is 4. The molecule has 48 heavy (non-hydrogen) atoms. The maximum Gasteiger partial charge on any atom is 0.389 e. The molecule has 0 saturated carbocycles. The van der Waals surface area contributed by atoms with Gasteiger partial charge in [0.15, 0.2) is 0 Å². The Balaban J connectivity index is 0.000000353. The number of methoxy groups -OCH3 is 1. The molecule has 0 aliphatic carbocycles. The zero-order chi connectivity index (χ0) is 35.9. The number of urea groups is 1. The summed E-state index contributed by atoms with van der Waals surface area (Å²) in [7, 11) is -3.14. The Labute approximate surface area is 282 Å². The van der Waals surface area contributed by atoms with E-state index in [0.29, 0.717) is 19.8 Å². The summed E-state index contributed by atoms with van der Waals surface area (Å²) in [6, 6.07) is 13.7. The lowest BCUT2D eigenvalue weighted by Gasteiger charge is -2.26. The number of hydrogen-bond acceptors (Lipinski definition) is 9. The molecule has 0 bridgehead atoms. The van der Waals surface area contributed by atoms with E-state index in [-0.39, 0.29) is 35.1 Å². The second-order valence-electron chi connectivity index (χ2n) is 10.1. The average Bonchev–Trinajstić information content (AvgIpc) is 3.02. The minimum absolute atomic E-state index is 0.0320. The van der Waals surface area contributed by atoms with Crippen molar-refractivity contribution >= 4 is 45.2 Å². The number of benzene rings is 2. The van der Waals surface area contributed by atoms with Gasteiger partial charge in [0, 0.05) is 25.3 Å². The van der Waals surface area contributed by atoms with Crippen molar-refractivity contribution < 1.29 is 40.7 Å². The topological polar surface area (TPSA) is 153 Å². The van der Waals surface area contributed by atoms with Crippen LogP contribution in [0.25, 0.3) is 5.70 Å². The number of hydrogen-bond donors (Lipinski definition) is 2. The van der Waals surface area contributed by atoms with Crippen LogP contribution in [-0.2, 0) is 26.0 Å². The SMILES string of the molecule is CCOCCN(C(=O)CCl)C(=C(C)C)c1ccccc1.COc1nc(C)nc(NC(=O)NS(=O)(=O)c2ccccc2CCC(F)(F)F)n1. The van der Waals surface area contributed by atoms with E-state index in [1.165, 1.54) is 32.2 Å². The maximum absolute atomic E-state index is 12.5. The molecule has 0 aliphatic rings. The highest BCUT2D eigenvalue weighted by Gasteiger charge is 2.29. The van der Waals surface area contributed by atoms with Gasteiger partial charge >= 0.3 is 18.2 Å². The van der Waals surface area contributed by atoms with E-state index >= 15 is 0 Å². The van der Waals surface area contributed by atoms with Crippen LogP contribution >= 0.6 is 11.6 Å². The van der Waals surface area contributed by atoms with Gasteiger partial charge in [0.05, 0.1) is 18.6 Å². The zero-order valence-corrected chi connectivity index (χ0v) is 28.7. The first kappa shape index (κ1) is 39.9. The summed E-state index contributed by atoms with van der Waals surface area (Å²) in [5, 5.41) is 2.11. The molecule has 262 valence electrons. The number of alkyl halides is 4. The lowest BCUT2D eigenvalue weighted by molar-refractivity contribution is -0.134. The molecule has 3 aromatic rings. The molecule has 0 radical (unpaired) electrons. The molecule has 0 fully saturated rings. The molecule has 0 atom stereocenters. The van der Waals surface area contributed by atoms with Crippen LogP contribution in [0, 0.1) is 6.92 Å². The molecule has 0 saturated heterocycles. The molecule has 0 aliphatic heterocycles. The van der Waals surface area contributed by atoms with Crippen LogP contribution in [0.3, 0.4) is 0 Å². The first-order valence-corrected chi connectivity index (χ1v) is 16.6. The number of rotatable bonds is 13. The summed E-state index contributed by atoms with van der Waals surface area (Å²) >= 11 is 5.74. The Hall–Kier alpha value is -4.28. The maximum atomic E-state index is 12.5. The van der Waals surface area contributed by atoms with E-state index in [1.54, 1.807) is 9.62 Å². The molecule has 3 amide bonds. The molecule has 12 nitrogen and oxygen atoms in total. The van der Waals surface area contributed by atoms with Crippen molar-refractivity contribution in [2.45, 2.75) is 51.6 Å². The predicted octanol–water partition coefficient (Wildman–Crippen LogP) is 5.74. The molecule has 3 rings (SSSR count). The van der Waals surface area contributed by atoms with Gasteiger partial charge in [0.25, 0.3) is 10.0 Å². The number of aromatic nitrogens is 3. The van der Waals surface area contributed by atoms with Crippen molar-refractivity contribution in [1.29, 1.82) is 0 Å². The minimum Gasteiger partial charge on any atom is -0.467 e. The van der Waals surface area contributed by atoms with Crippen LogP contribution in [0.1, 0.15) is 44.1 Å². The third-order valence-corrected chi connectivity index (χ3v) is 7.83. The number of sulfonamides is 1. The molecule has 2 N–H and O–H groups in total. The zero-order valence-electron chi connectivity index (χ0n) is 27.1. The van der Waals surface area contributed by atoms with Crippen molar-refractivity contribution in [3.8, 4) is 6.01 Å². The number of nitrogens with zero attached hydrogens (tertiary/aromatic N) is 4. The monoisotopic (exact) mass is 714 g/mol. The molecular formula is C31H38ClF3N6O6S. The second-order valence-corrected chi connectivity index (χ2v) is 12.0. The quantitative estimate of drug-likeness (QED) is 0.167. The first-order chi connectivity index (χ1) is 22.6. The van der Waals surface area contributed by atoms with Gasteiger partial charge in [-0.1, -0.05) is 54.1 Å². The number of ether oxygens (including phenoxy) is 2. The van der Waals surface area contributed by atoms with Gasteiger partial charge in [-0.2, -0.15) is 28.1 Å². The number of nitrogens with one attached hydrogen (secondary N) is 2. The standard InChI is InChI=1S/C16H22ClNO2.C15H16F3N5O4S/c1-4-20-11-10-18(15(19)12-17)16(13(2)3)14-8-6-5-7-9-14;1-9-19-12(22-14(20-9)27-2)21-13(24)23-28(25,26)11-6-4-3-5-10(11)7-8-15(16,17)18/h5-9H,4,10-12H2,1-3H3;3-6H,7-8H2,1-2H3,(H2,19,20,21,22,23,24). The number of carbonyl (C=O) groups is 2. The van der Waals surface area contributed by atoms with Crippen LogP contribution in [0.15, 0.2) is 65.1 Å². The van der Waals surface area contributed by atoms with Crippen molar-refractivity contribution in [3.05, 3.63) is 77.1 Å². The lowest BCUT2D eigenvalue weighted by atomic mass is 10.1. The first-order valence-electron chi connectivity index (χ1n) is 14.5. The summed E-state index contributed by atoms with van der Waals surface area (Å²) in [5.74, 6) is -0.188. The van der Waals surface area contributed by atoms with E-state index in [4.69, 9.17) is 21.1 Å². The van der Waals surface area contributed by atoms with Gasteiger partial charge in [-0.05, 0) is 51.3 Å². The van der Waals surface area contributed by atoms with E-state index < -0.39 is 40.0 Å². The fourth-order valence-electron chi connectivity index (χ4n) is 4.20. The summed E-state index contributed by atoms with van der Waals surface area (Å²) in [6.45, 7) is 9.08. The highest BCUT2D eigenvalue weighted by atomic mass is 35.5. The lowest BCUT2D eigenvalue weighted by Crippen LogP contribution is -2.35. The third-order valence-electron chi connectivity index (χ3n) is 6.17. The van der Waals surface area contributed by atoms with Gasteiger partial charge in [-0.3, -0.25) is 10.1 Å². The second kappa shape index (κ2) is 18.9. The van der Waals surface area contributed by atoms with Gasteiger partial charge < -0.3 is 14.4 Å². The number of allylic oxidation sites excluding steroid dienone is 1. The average molecular weight is 715 g/mol. The largest absolute Gasteiger partial charge is 0.467 e. The number of aryl methyl sites for hydroxylation is 2. The Kier molecular flexibility index (Phi) is 15.7. The smallest absolute Gasteiger partial charge is 0.389 e. The molecule has 0 spiro atoms. The van der Waals surface area contributed by atoms with E-state index in [0.717, 1.165) is 22.9 Å². The highest BCUT2D eigenvalue weighted by molar-refractivity contribution is 7.90. The summed E-state index contributed by atoms with van der Waals surface area (Å²) < 4.78 is 74.1. The van der Waals surface area contributed by atoms with E-state index in [9.17, 15) is 31.2 Å². The number of carbonyl (C=O) groups excluding carboxylic acids is 2. The predicted molar refractivity (Wildman–Crippen MR) is 175 cm³/mol. The molecule has 17 heteroatoms. The molecule has 1 aromatic heterocycles. The molecular weight excluding hydrogens is 677 g/mol. The summed E-state index contributed by atoms with van der Waals surface area (Å²) in [5.41, 5.74) is 2.93. The number of anilines is 1. The van der Waals surface area contributed by atoms with Gasteiger partial charge in [0.2, 0.25) is 11.9 Å². The van der Waals surface area contributed by atoms with Gasteiger partial charge in [-0.15, -0.1) is 11.6 Å². The van der Waals surface area contributed by atoms with Crippen LogP contribution in [0.2, 0.25) is 0 Å². The third kappa shape index (κ3) is 13.1. The Bertz CT molecular complexity index is 1660. The van der Waals surface area contributed by atoms with Gasteiger partial charge in [0.1, 0.15) is 11.7 Å². The van der Waals surface area contributed by atoms with Crippen molar-refractivity contribution in [1.82, 2.24) is 24.6 Å². The van der Waals surface area contributed by atoms with Crippen molar-refractivity contribution in [2.24, 2.45) is 0 Å². The highest BCUT2D eigenvalue weighted by Crippen LogP contribution is 2.25. The fraction of sp³-hybridized carbons (Fsp3) is 0.387. The molecule has 0 unspecified atom stereocenters. The summed E-state index contributed by atoms with van der Waals surface area (Å²) in [6.07, 6.45) is -6.20. The molecule has 1 heterocycles. The summed E-state index contributed by atoms with van der Waals surface area (Å²) in [4.78, 5) is 36.8. The Morgan fingerprint density at radius 3 is 2.23 bits per heavy atom. The minimum atomic E-state index is -4.45. The Morgan fingerprint density at radius 2 is 1.65 bits per heavy atom. The van der Waals surface area contributed by atoms with E-state index in [2.05, 4.69) is 20.3 Å². The van der Waals surface area contributed by atoms with Crippen LogP contribution in [0.4, 0.5) is 23.9 Å². The molecule has 2 aromatic carbocycles. The number of amides is 3. The van der Waals surface area contributed by atoms with Crippen LogP contribution < -0.4 is 14.8 Å². The van der Waals surface area contributed by atoms with Gasteiger partial charge in [-0.25, -0.2) is 17.9 Å². The van der Waals surface area contributed by atoms with Crippen LogP contribution in [-0.4, -0.2) is 79.1 Å². The van der Waals surface area contributed by atoms with Crippen molar-refractivity contribution in [2.75, 3.05) is 38.1 Å². The van der Waals surface area contributed by atoms with Crippen LogP contribution in [0.5, 0.6) is 6.01 Å². The van der Waals surface area contributed by atoms with E-state index in [1.807, 2.05) is 51.1 Å². The normalized spacial score (nSPS) is 11.1. The Morgan fingerprint density at radius 1 is 1.00 bits per heavy atom. The fourth-order valence-corrected chi connectivity index (χ4v) is 5.52.